The molecule has 9 nitrogen and oxygen atoms in total. The minimum absolute atomic E-state index is 0. The molecule has 0 spiro atoms. The summed E-state index contributed by atoms with van der Waals surface area (Å²) in [5, 5.41) is 0. The third-order valence-electron chi connectivity index (χ3n) is 7.23. The fourth-order valence-electron chi connectivity index (χ4n) is 5.28. The van der Waals surface area contributed by atoms with E-state index >= 15 is 0 Å². The first-order valence-corrected chi connectivity index (χ1v) is 18.8. The van der Waals surface area contributed by atoms with Crippen molar-refractivity contribution in [3.8, 4) is 0 Å². The molecule has 0 saturated heterocycles. The third-order valence-corrected chi connectivity index (χ3v) is 9.89. The molecule has 0 heterocycles. The van der Waals surface area contributed by atoms with E-state index in [-0.39, 0.29) is 117 Å². The van der Waals surface area contributed by atoms with Gasteiger partial charge in [-0.05, 0) is 75.0 Å². The zero-order chi connectivity index (χ0) is 29.0. The largest absolute Gasteiger partial charge is 1.00 e. The molecule has 0 amide bonds. The van der Waals surface area contributed by atoms with E-state index in [1.165, 1.54) is 51.4 Å². The van der Waals surface area contributed by atoms with Crippen LogP contribution in [0.5, 0.6) is 0 Å². The van der Waals surface area contributed by atoms with E-state index in [0.717, 1.165) is 75.0 Å². The molecule has 0 unspecified atom stereocenters. The minimum Gasteiger partial charge on any atom is -0.917 e. The van der Waals surface area contributed by atoms with Gasteiger partial charge in [-0.1, -0.05) is 51.4 Å². The molecule has 4 fully saturated rings. The molecule has 42 heavy (non-hydrogen) atoms. The minimum atomic E-state index is -3.71. The first-order chi connectivity index (χ1) is 17.8. The van der Waals surface area contributed by atoms with Gasteiger partial charge in [0.1, 0.15) is 0 Å². The van der Waals surface area contributed by atoms with Crippen molar-refractivity contribution in [2.45, 2.75) is 103 Å². The molecule has 0 radical (unpaired) electrons. The van der Waals surface area contributed by atoms with Gasteiger partial charge in [0, 0.05) is 45.9 Å². The Morgan fingerprint density at radius 2 is 0.714 bits per heavy atom. The van der Waals surface area contributed by atoms with Crippen LogP contribution in [0.3, 0.4) is 0 Å². The van der Waals surface area contributed by atoms with Gasteiger partial charge in [0.2, 0.25) is 0 Å². The summed E-state index contributed by atoms with van der Waals surface area (Å²) in [5.41, 5.74) is 0. The van der Waals surface area contributed by atoms with Crippen molar-refractivity contribution in [3.05, 3.63) is 0 Å². The van der Waals surface area contributed by atoms with Crippen LogP contribution in [0.25, 0.3) is 0 Å². The first-order valence-electron chi connectivity index (χ1n) is 13.5. The zero-order valence-corrected chi connectivity index (χ0v) is 35.1. The second-order valence-corrected chi connectivity index (χ2v) is 14.6. The molecule has 246 valence electrons. The molecule has 2 N–H and O–H groups in total. The van der Waals surface area contributed by atoms with Crippen LogP contribution in [0, 0.1) is 23.7 Å². The van der Waals surface area contributed by atoms with Gasteiger partial charge in [-0.15, -0.1) is 23.2 Å². The van der Waals surface area contributed by atoms with Crippen molar-refractivity contribution in [1.82, 2.24) is 0 Å². The van der Waals surface area contributed by atoms with E-state index in [0.29, 0.717) is 0 Å². The molecule has 0 aromatic carbocycles. The van der Waals surface area contributed by atoms with Crippen LogP contribution in [0.4, 0.5) is 0 Å². The Balaban J connectivity index is -0.000000136. The van der Waals surface area contributed by atoms with Gasteiger partial charge in [-0.3, -0.25) is 9.11 Å². The summed E-state index contributed by atoms with van der Waals surface area (Å²) >= 11 is 11.2. The third kappa shape index (κ3) is 37.8. The molecule has 0 atom stereocenters. The van der Waals surface area contributed by atoms with E-state index in [1.807, 2.05) is 0 Å². The molecule has 4 rings (SSSR count). The van der Waals surface area contributed by atoms with Crippen LogP contribution >= 0.6 is 23.2 Å². The molecule has 0 aromatic rings. The second kappa shape index (κ2) is 32.9. The summed E-state index contributed by atoms with van der Waals surface area (Å²) in [5.74, 6) is 3.87. The summed E-state index contributed by atoms with van der Waals surface area (Å²) < 4.78 is 83.6. The van der Waals surface area contributed by atoms with Crippen LogP contribution in [0.1, 0.15) is 103 Å². The smallest absolute Gasteiger partial charge is 0.917 e. The molecule has 0 aliphatic heterocycles. The molecule has 4 aliphatic rings. The van der Waals surface area contributed by atoms with Crippen LogP contribution in [0.2, 0.25) is 0 Å². The predicted molar refractivity (Wildman–Crippen MR) is 152 cm³/mol. The summed E-state index contributed by atoms with van der Waals surface area (Å²) in [6.07, 6.45) is 19.4. The Labute approximate surface area is 332 Å². The van der Waals surface area contributed by atoms with E-state index in [4.69, 9.17) is 45.3 Å². The average molecular weight is 803 g/mol. The van der Waals surface area contributed by atoms with Gasteiger partial charge in [0.05, 0.1) is 11.5 Å². The molecular formula is C24H46Cl2Fe2Na2O9S3. The molecule has 0 bridgehead atoms. The monoisotopic (exact) mass is 802 g/mol. The molecule has 18 heteroatoms. The van der Waals surface area contributed by atoms with Crippen LogP contribution < -0.4 is 59.1 Å². The number of rotatable bonds is 6. The summed E-state index contributed by atoms with van der Waals surface area (Å²) in [6, 6.07) is 0. The number of halogens is 2. The van der Waals surface area contributed by atoms with Crippen molar-refractivity contribution in [2.75, 3.05) is 23.3 Å². The normalized spacial score (nSPS) is 19.0. The van der Waals surface area contributed by atoms with Crippen LogP contribution in [-0.4, -0.2) is 53.8 Å². The fraction of sp³-hybridized carbons (Fsp3) is 1.00. The molecular weight excluding hydrogens is 757 g/mol. The number of hydrogen-bond acceptors (Lipinski definition) is 8. The van der Waals surface area contributed by atoms with Crippen molar-refractivity contribution < 1.29 is 132 Å². The van der Waals surface area contributed by atoms with Gasteiger partial charge >= 0.3 is 59.1 Å². The van der Waals surface area contributed by atoms with Gasteiger partial charge in [-0.25, -0.2) is 0 Å². The van der Waals surface area contributed by atoms with Gasteiger partial charge in [0.25, 0.3) is 20.2 Å². The van der Waals surface area contributed by atoms with Crippen LogP contribution in [0.15, 0.2) is 0 Å². The van der Waals surface area contributed by atoms with Gasteiger partial charge in [0.15, 0.2) is 0 Å². The van der Waals surface area contributed by atoms with Crippen LogP contribution in [-0.2, 0) is 73.8 Å². The fourth-order valence-corrected chi connectivity index (χ4v) is 7.75. The SMILES string of the molecule is ClCC1CCCC1.ClCC1CCCC1.O=S(=O)(O)CC1CCCC1.O=S(=O)(O)CC1CCCC1.O=[S-](=O)[O-].[Fe].[Fe].[Na+].[Na+]. The summed E-state index contributed by atoms with van der Waals surface area (Å²) in [4.78, 5) is 0. The Kier molecular flexibility index (Phi) is 42.9. The first kappa shape index (κ1) is 54.8. The molecule has 0 aromatic heterocycles. The Bertz CT molecular complexity index is 810. The Hall–Kier alpha value is 3.35. The maximum atomic E-state index is 10.3. The summed E-state index contributed by atoms with van der Waals surface area (Å²) in [7, 11) is -10.5. The quantitative estimate of drug-likeness (QED) is 0.127. The maximum absolute atomic E-state index is 10.3. The predicted octanol–water partition coefficient (Wildman–Crippen LogP) is 0.389. The standard InChI is InChI=1S/2C6H11Cl.2C6H12O3S.2Fe.2Na.O3S/c2*7-5-6-3-1-2-4-6;2*7-10(8,9)5-6-3-1-2-4-6;;;;;1-4(2)3/h2*6H,1-5H2;2*6H,1-5H2,(H,7,8,9);;;;;/q;;;;;;2*+1;-2. The van der Waals surface area contributed by atoms with Crippen molar-refractivity contribution >= 4 is 54.4 Å². The van der Waals surface area contributed by atoms with Crippen molar-refractivity contribution in [3.63, 3.8) is 0 Å². The molecule has 4 saturated carbocycles. The topological polar surface area (TPSA) is 166 Å². The van der Waals surface area contributed by atoms with E-state index < -0.39 is 31.2 Å². The van der Waals surface area contributed by atoms with E-state index in [2.05, 4.69) is 0 Å². The number of hydrogen-bond donors (Lipinski definition) is 2. The summed E-state index contributed by atoms with van der Waals surface area (Å²) in [6.45, 7) is 0. The zero-order valence-electron chi connectivity index (χ0n) is 24.9. The van der Waals surface area contributed by atoms with Crippen molar-refractivity contribution in [2.24, 2.45) is 23.7 Å². The van der Waals surface area contributed by atoms with Gasteiger partial charge in [-0.2, -0.15) is 27.8 Å². The van der Waals surface area contributed by atoms with Crippen molar-refractivity contribution in [1.29, 1.82) is 0 Å². The average Bonchev–Trinajstić information content (AvgIpc) is 3.62. The Morgan fingerprint density at radius 3 is 0.833 bits per heavy atom. The maximum Gasteiger partial charge on any atom is 1.00 e. The van der Waals surface area contributed by atoms with Gasteiger partial charge < -0.3 is 13.0 Å². The Morgan fingerprint density at radius 1 is 0.548 bits per heavy atom. The number of alkyl halides is 2. The van der Waals surface area contributed by atoms with E-state index in [9.17, 15) is 16.8 Å². The second-order valence-electron chi connectivity index (χ2n) is 10.6. The molecule has 4 aliphatic carbocycles. The van der Waals surface area contributed by atoms with E-state index in [1.54, 1.807) is 0 Å².